The van der Waals surface area contributed by atoms with Gasteiger partial charge in [0.05, 0.1) is 0 Å². The van der Waals surface area contributed by atoms with Crippen LogP contribution in [0.5, 0.6) is 0 Å². The summed E-state index contributed by atoms with van der Waals surface area (Å²) in [6.07, 6.45) is 3.13. The van der Waals surface area contributed by atoms with Crippen LogP contribution in [0.15, 0.2) is 28.7 Å². The van der Waals surface area contributed by atoms with Gasteiger partial charge in [-0.25, -0.2) is 0 Å². The third-order valence-electron chi connectivity index (χ3n) is 3.12. The minimum atomic E-state index is 0.101. The topological polar surface area (TPSA) is 77.0 Å². The zero-order valence-corrected chi connectivity index (χ0v) is 9.39. The third-order valence-corrected chi connectivity index (χ3v) is 3.12. The van der Waals surface area contributed by atoms with Gasteiger partial charge in [-0.15, -0.1) is 0 Å². The van der Waals surface area contributed by atoms with Gasteiger partial charge in [-0.3, -0.25) is 0 Å². The number of fused-ring (bicyclic) bond motifs is 1. The van der Waals surface area contributed by atoms with Crippen molar-refractivity contribution in [2.75, 3.05) is 11.1 Å². The molecule has 1 aromatic carbocycles. The number of rotatable bonds is 2. The lowest BCUT2D eigenvalue weighted by molar-refractivity contribution is 0.545. The average molecular weight is 230 g/mol. The molecule has 0 radical (unpaired) electrons. The Morgan fingerprint density at radius 2 is 2.06 bits per heavy atom. The van der Waals surface area contributed by atoms with Crippen molar-refractivity contribution in [2.24, 2.45) is 0 Å². The van der Waals surface area contributed by atoms with E-state index in [0.29, 0.717) is 12.1 Å². The van der Waals surface area contributed by atoms with Crippen molar-refractivity contribution < 1.29 is 4.42 Å². The van der Waals surface area contributed by atoms with Crippen molar-refractivity contribution in [1.82, 2.24) is 10.2 Å². The Morgan fingerprint density at radius 3 is 2.82 bits per heavy atom. The van der Waals surface area contributed by atoms with E-state index < -0.39 is 0 Å². The number of nitrogens with zero attached hydrogens (tertiary/aromatic N) is 2. The lowest BCUT2D eigenvalue weighted by Crippen LogP contribution is -2.27. The SMILES string of the molecule is Nc1nnc(NC2CCc3ccccc3C2)o1. The fraction of sp³-hybridized carbons (Fsp3) is 0.333. The van der Waals surface area contributed by atoms with Gasteiger partial charge in [-0.2, -0.15) is 0 Å². The summed E-state index contributed by atoms with van der Waals surface area (Å²) in [7, 11) is 0. The minimum Gasteiger partial charge on any atom is -0.390 e. The van der Waals surface area contributed by atoms with Gasteiger partial charge in [0.25, 0.3) is 0 Å². The Kier molecular flexibility index (Phi) is 2.44. The summed E-state index contributed by atoms with van der Waals surface area (Å²) in [6.45, 7) is 0. The minimum absolute atomic E-state index is 0.101. The van der Waals surface area contributed by atoms with Crippen LogP contribution in [0.4, 0.5) is 12.0 Å². The fourth-order valence-electron chi connectivity index (χ4n) is 2.29. The van der Waals surface area contributed by atoms with Crippen molar-refractivity contribution in [3.8, 4) is 0 Å². The molecule has 2 aromatic rings. The highest BCUT2D eigenvalue weighted by atomic mass is 16.4. The second-order valence-corrected chi connectivity index (χ2v) is 4.30. The lowest BCUT2D eigenvalue weighted by atomic mass is 9.88. The van der Waals surface area contributed by atoms with Crippen molar-refractivity contribution in [1.29, 1.82) is 0 Å². The Labute approximate surface area is 99.0 Å². The summed E-state index contributed by atoms with van der Waals surface area (Å²) in [6, 6.07) is 9.37. The van der Waals surface area contributed by atoms with Gasteiger partial charge in [-0.05, 0) is 30.4 Å². The molecule has 0 bridgehead atoms. The normalized spacial score (nSPS) is 18.7. The first-order valence-electron chi connectivity index (χ1n) is 5.73. The number of nitrogens with one attached hydrogen (secondary N) is 1. The fourth-order valence-corrected chi connectivity index (χ4v) is 2.29. The Balaban J connectivity index is 1.72. The second kappa shape index (κ2) is 4.08. The highest BCUT2D eigenvalue weighted by molar-refractivity contribution is 5.33. The number of hydrogen-bond donors (Lipinski definition) is 2. The van der Waals surface area contributed by atoms with Crippen LogP contribution in [0.25, 0.3) is 0 Å². The smallest absolute Gasteiger partial charge is 0.317 e. The highest BCUT2D eigenvalue weighted by Gasteiger charge is 2.19. The van der Waals surface area contributed by atoms with Gasteiger partial charge in [0.1, 0.15) is 0 Å². The van der Waals surface area contributed by atoms with Gasteiger partial charge in [0.15, 0.2) is 0 Å². The summed E-state index contributed by atoms with van der Waals surface area (Å²) in [5, 5.41) is 10.7. The molecule has 5 heteroatoms. The zero-order chi connectivity index (χ0) is 11.7. The van der Waals surface area contributed by atoms with E-state index in [-0.39, 0.29) is 6.01 Å². The summed E-state index contributed by atoms with van der Waals surface area (Å²) in [5.74, 6) is 0. The molecular formula is C12H14N4O. The number of nitrogens with two attached hydrogens (primary N) is 1. The van der Waals surface area contributed by atoms with Crippen LogP contribution < -0.4 is 11.1 Å². The Hall–Kier alpha value is -2.04. The number of benzene rings is 1. The monoisotopic (exact) mass is 230 g/mol. The molecule has 0 spiro atoms. The molecule has 0 saturated heterocycles. The lowest BCUT2D eigenvalue weighted by Gasteiger charge is -2.24. The standard InChI is InChI=1S/C12H14N4O/c13-11-15-16-12(17-11)14-10-6-5-8-3-1-2-4-9(8)7-10/h1-4,10H,5-7H2,(H2,13,15)(H,14,16). The van der Waals surface area contributed by atoms with Crippen molar-refractivity contribution in [3.05, 3.63) is 35.4 Å². The van der Waals surface area contributed by atoms with Crippen LogP contribution in [0, 0.1) is 0 Å². The maximum atomic E-state index is 5.38. The molecule has 88 valence electrons. The molecule has 3 rings (SSSR count). The highest BCUT2D eigenvalue weighted by Crippen LogP contribution is 2.23. The maximum absolute atomic E-state index is 5.38. The maximum Gasteiger partial charge on any atom is 0.317 e. The predicted octanol–water partition coefficient (Wildman–Crippen LogP) is 1.62. The van der Waals surface area contributed by atoms with Crippen LogP contribution in [0.2, 0.25) is 0 Å². The van der Waals surface area contributed by atoms with Crippen LogP contribution in [-0.2, 0) is 12.8 Å². The van der Waals surface area contributed by atoms with Gasteiger partial charge < -0.3 is 15.5 Å². The van der Waals surface area contributed by atoms with E-state index in [0.717, 1.165) is 19.3 Å². The molecule has 1 aliphatic carbocycles. The first-order chi connectivity index (χ1) is 8.31. The van der Waals surface area contributed by atoms with Gasteiger partial charge >= 0.3 is 12.0 Å². The predicted molar refractivity (Wildman–Crippen MR) is 64.6 cm³/mol. The number of hydrogen-bond acceptors (Lipinski definition) is 5. The Bertz CT molecular complexity index is 523. The molecule has 0 saturated carbocycles. The van der Waals surface area contributed by atoms with E-state index in [2.05, 4.69) is 39.8 Å². The van der Waals surface area contributed by atoms with Crippen molar-refractivity contribution in [3.63, 3.8) is 0 Å². The van der Waals surface area contributed by atoms with Crippen molar-refractivity contribution >= 4 is 12.0 Å². The molecule has 1 heterocycles. The summed E-state index contributed by atoms with van der Waals surface area (Å²) in [5.41, 5.74) is 8.21. The summed E-state index contributed by atoms with van der Waals surface area (Å²) >= 11 is 0. The van der Waals surface area contributed by atoms with Gasteiger partial charge in [0.2, 0.25) is 0 Å². The molecular weight excluding hydrogens is 216 g/mol. The van der Waals surface area contributed by atoms with E-state index >= 15 is 0 Å². The average Bonchev–Trinajstić information content (AvgIpc) is 2.75. The van der Waals surface area contributed by atoms with Gasteiger partial charge in [0, 0.05) is 6.04 Å². The first-order valence-corrected chi connectivity index (χ1v) is 5.73. The zero-order valence-electron chi connectivity index (χ0n) is 9.39. The quantitative estimate of drug-likeness (QED) is 0.819. The number of aromatic nitrogens is 2. The van der Waals surface area contributed by atoms with E-state index in [1.54, 1.807) is 0 Å². The number of anilines is 2. The molecule has 1 aromatic heterocycles. The molecule has 0 fully saturated rings. The Morgan fingerprint density at radius 1 is 1.24 bits per heavy atom. The molecule has 5 nitrogen and oxygen atoms in total. The third kappa shape index (κ3) is 2.08. The molecule has 17 heavy (non-hydrogen) atoms. The number of aryl methyl sites for hydroxylation is 1. The largest absolute Gasteiger partial charge is 0.390 e. The van der Waals surface area contributed by atoms with Crippen molar-refractivity contribution in [2.45, 2.75) is 25.3 Å². The molecule has 1 unspecified atom stereocenters. The van der Waals surface area contributed by atoms with E-state index in [1.807, 2.05) is 0 Å². The van der Waals surface area contributed by atoms with Crippen LogP contribution in [-0.4, -0.2) is 16.2 Å². The van der Waals surface area contributed by atoms with Crippen LogP contribution >= 0.6 is 0 Å². The number of nitrogen functional groups attached to an aromatic ring is 1. The van der Waals surface area contributed by atoms with Crippen LogP contribution in [0.3, 0.4) is 0 Å². The van der Waals surface area contributed by atoms with E-state index in [9.17, 15) is 0 Å². The molecule has 0 amide bonds. The molecule has 1 aliphatic rings. The first kappa shape index (κ1) is 10.1. The second-order valence-electron chi connectivity index (χ2n) is 4.30. The van der Waals surface area contributed by atoms with Crippen LogP contribution in [0.1, 0.15) is 17.5 Å². The molecule has 0 aliphatic heterocycles. The van der Waals surface area contributed by atoms with Gasteiger partial charge in [-0.1, -0.05) is 34.5 Å². The summed E-state index contributed by atoms with van der Waals surface area (Å²) in [4.78, 5) is 0. The van der Waals surface area contributed by atoms with E-state index in [4.69, 9.17) is 10.2 Å². The summed E-state index contributed by atoms with van der Waals surface area (Å²) < 4.78 is 5.12. The van der Waals surface area contributed by atoms with E-state index in [1.165, 1.54) is 11.1 Å². The molecule has 1 atom stereocenters. The molecule has 3 N–H and O–H groups in total.